The average Bonchev–Trinajstić information content (AvgIpc) is 2.28. The minimum absolute atomic E-state index is 0.942. The topological polar surface area (TPSA) is 9.23 Å². The highest BCUT2D eigenvalue weighted by atomic mass is 16.5. The van der Waals surface area contributed by atoms with E-state index < -0.39 is 0 Å². The molecule has 0 N–H and O–H groups in total. The van der Waals surface area contributed by atoms with E-state index in [4.69, 9.17) is 4.74 Å². The molecule has 1 saturated carbocycles. The third kappa shape index (κ3) is 2.48. The fraction of sp³-hybridized carbons (Fsp3) is 1.00. The van der Waals surface area contributed by atoms with Crippen molar-refractivity contribution in [1.82, 2.24) is 0 Å². The highest BCUT2D eigenvalue weighted by Gasteiger charge is 2.27. The summed E-state index contributed by atoms with van der Waals surface area (Å²) in [4.78, 5) is 0. The molecule has 0 heterocycles. The van der Waals surface area contributed by atoms with Crippen LogP contribution in [0.15, 0.2) is 0 Å². The van der Waals surface area contributed by atoms with Crippen LogP contribution in [0.2, 0.25) is 0 Å². The molecule has 1 nitrogen and oxygen atoms in total. The van der Waals surface area contributed by atoms with Gasteiger partial charge in [-0.05, 0) is 37.0 Å². The predicted molar refractivity (Wildman–Crippen MR) is 47.5 cm³/mol. The fourth-order valence-electron chi connectivity index (χ4n) is 2.13. The Labute approximate surface area is 70.1 Å². The molecule has 0 aromatic heterocycles. The Hall–Kier alpha value is -0.0400. The van der Waals surface area contributed by atoms with E-state index in [2.05, 4.69) is 13.8 Å². The van der Waals surface area contributed by atoms with Crippen molar-refractivity contribution < 1.29 is 4.74 Å². The monoisotopic (exact) mass is 156 g/mol. The Morgan fingerprint density at radius 3 is 2.18 bits per heavy atom. The van der Waals surface area contributed by atoms with Crippen LogP contribution in [0.4, 0.5) is 0 Å². The lowest BCUT2D eigenvalue weighted by Crippen LogP contribution is -1.99. The second-order valence-corrected chi connectivity index (χ2v) is 4.07. The minimum Gasteiger partial charge on any atom is -0.385 e. The summed E-state index contributed by atoms with van der Waals surface area (Å²) in [6.07, 6.45) is 4.11. The van der Waals surface area contributed by atoms with Crippen molar-refractivity contribution in [2.24, 2.45) is 17.8 Å². The second-order valence-electron chi connectivity index (χ2n) is 4.07. The van der Waals surface area contributed by atoms with Gasteiger partial charge >= 0.3 is 0 Å². The first kappa shape index (κ1) is 9.05. The van der Waals surface area contributed by atoms with Crippen LogP contribution in [0.25, 0.3) is 0 Å². The standard InChI is InChI=1S/C10H20O/c1-8-6-10(4-5-11-3)7-9(8)2/h8-10H,4-7H2,1-3H3. The van der Waals surface area contributed by atoms with Crippen molar-refractivity contribution in [3.63, 3.8) is 0 Å². The number of hydrogen-bond donors (Lipinski definition) is 0. The molecule has 1 aliphatic carbocycles. The van der Waals surface area contributed by atoms with Gasteiger partial charge in [0.05, 0.1) is 0 Å². The van der Waals surface area contributed by atoms with Gasteiger partial charge in [0.2, 0.25) is 0 Å². The van der Waals surface area contributed by atoms with Crippen LogP contribution < -0.4 is 0 Å². The van der Waals surface area contributed by atoms with Gasteiger partial charge in [-0.15, -0.1) is 0 Å². The van der Waals surface area contributed by atoms with E-state index in [9.17, 15) is 0 Å². The van der Waals surface area contributed by atoms with E-state index in [1.165, 1.54) is 19.3 Å². The molecule has 0 aromatic carbocycles. The molecule has 0 bridgehead atoms. The Kier molecular flexibility index (Phi) is 3.38. The molecule has 1 aliphatic rings. The first-order valence-electron chi connectivity index (χ1n) is 4.73. The van der Waals surface area contributed by atoms with E-state index in [1.807, 2.05) is 0 Å². The summed E-state index contributed by atoms with van der Waals surface area (Å²) in [5.41, 5.74) is 0. The molecule has 0 saturated heterocycles. The Morgan fingerprint density at radius 2 is 1.73 bits per heavy atom. The molecule has 2 atom stereocenters. The number of hydrogen-bond acceptors (Lipinski definition) is 1. The van der Waals surface area contributed by atoms with Crippen molar-refractivity contribution in [3.8, 4) is 0 Å². The molecule has 0 aliphatic heterocycles. The molecule has 0 radical (unpaired) electrons. The molecule has 0 aromatic rings. The zero-order chi connectivity index (χ0) is 8.27. The minimum atomic E-state index is 0.942. The van der Waals surface area contributed by atoms with Crippen LogP contribution in [-0.4, -0.2) is 13.7 Å². The van der Waals surface area contributed by atoms with Crippen LogP contribution in [0.3, 0.4) is 0 Å². The highest BCUT2D eigenvalue weighted by molar-refractivity contribution is 4.77. The van der Waals surface area contributed by atoms with Gasteiger partial charge in [-0.3, -0.25) is 0 Å². The van der Waals surface area contributed by atoms with Gasteiger partial charge in [0.15, 0.2) is 0 Å². The summed E-state index contributed by atoms with van der Waals surface area (Å²) < 4.78 is 5.07. The van der Waals surface area contributed by atoms with Gasteiger partial charge < -0.3 is 4.74 Å². The maximum atomic E-state index is 5.07. The lowest BCUT2D eigenvalue weighted by atomic mass is 10.0. The summed E-state index contributed by atoms with van der Waals surface area (Å²) in [7, 11) is 1.79. The van der Waals surface area contributed by atoms with Crippen molar-refractivity contribution in [1.29, 1.82) is 0 Å². The van der Waals surface area contributed by atoms with Crippen LogP contribution in [-0.2, 0) is 4.74 Å². The van der Waals surface area contributed by atoms with E-state index >= 15 is 0 Å². The van der Waals surface area contributed by atoms with Crippen molar-refractivity contribution in [2.45, 2.75) is 33.1 Å². The van der Waals surface area contributed by atoms with Crippen molar-refractivity contribution in [3.05, 3.63) is 0 Å². The molecule has 1 heteroatoms. The van der Waals surface area contributed by atoms with E-state index in [0.717, 1.165) is 24.4 Å². The molecular formula is C10H20O. The van der Waals surface area contributed by atoms with Gasteiger partial charge in [0.25, 0.3) is 0 Å². The first-order valence-corrected chi connectivity index (χ1v) is 4.73. The van der Waals surface area contributed by atoms with Gasteiger partial charge in [-0.1, -0.05) is 13.8 Å². The summed E-state index contributed by atoms with van der Waals surface area (Å²) in [5, 5.41) is 0. The van der Waals surface area contributed by atoms with Gasteiger partial charge in [0, 0.05) is 13.7 Å². The normalized spacial score (nSPS) is 37.9. The average molecular weight is 156 g/mol. The van der Waals surface area contributed by atoms with Crippen molar-refractivity contribution >= 4 is 0 Å². The predicted octanol–water partition coefficient (Wildman–Crippen LogP) is 2.71. The number of methoxy groups -OCH3 is 1. The molecule has 0 spiro atoms. The quantitative estimate of drug-likeness (QED) is 0.610. The zero-order valence-electron chi connectivity index (χ0n) is 7.97. The number of ether oxygens (including phenoxy) is 1. The van der Waals surface area contributed by atoms with E-state index in [-0.39, 0.29) is 0 Å². The molecule has 11 heavy (non-hydrogen) atoms. The smallest absolute Gasteiger partial charge is 0.0464 e. The molecule has 2 unspecified atom stereocenters. The Balaban J connectivity index is 2.18. The summed E-state index contributed by atoms with van der Waals surface area (Å²) in [6.45, 7) is 5.69. The summed E-state index contributed by atoms with van der Waals surface area (Å²) in [6, 6.07) is 0. The summed E-state index contributed by atoms with van der Waals surface area (Å²) in [5.74, 6) is 2.83. The molecule has 66 valence electrons. The van der Waals surface area contributed by atoms with Crippen LogP contribution >= 0.6 is 0 Å². The van der Waals surface area contributed by atoms with Gasteiger partial charge in [-0.2, -0.15) is 0 Å². The lowest BCUT2D eigenvalue weighted by molar-refractivity contribution is 0.177. The van der Waals surface area contributed by atoms with Gasteiger partial charge in [-0.25, -0.2) is 0 Å². The van der Waals surface area contributed by atoms with E-state index in [0.29, 0.717) is 0 Å². The lowest BCUT2D eigenvalue weighted by Gasteiger charge is -2.06. The van der Waals surface area contributed by atoms with Gasteiger partial charge in [0.1, 0.15) is 0 Å². The zero-order valence-corrected chi connectivity index (χ0v) is 7.97. The number of rotatable bonds is 3. The third-order valence-electron chi connectivity index (χ3n) is 3.11. The van der Waals surface area contributed by atoms with E-state index in [1.54, 1.807) is 7.11 Å². The van der Waals surface area contributed by atoms with Crippen molar-refractivity contribution in [2.75, 3.05) is 13.7 Å². The van der Waals surface area contributed by atoms with Crippen LogP contribution in [0, 0.1) is 17.8 Å². The highest BCUT2D eigenvalue weighted by Crippen LogP contribution is 2.37. The maximum absolute atomic E-state index is 5.07. The molecule has 1 fully saturated rings. The SMILES string of the molecule is COCCC1CC(C)C(C)C1. The maximum Gasteiger partial charge on any atom is 0.0464 e. The molecule has 1 rings (SSSR count). The molecular weight excluding hydrogens is 136 g/mol. The largest absolute Gasteiger partial charge is 0.385 e. The molecule has 0 amide bonds. The summed E-state index contributed by atoms with van der Waals surface area (Å²) >= 11 is 0. The fourth-order valence-corrected chi connectivity index (χ4v) is 2.13. The Bertz CT molecular complexity index is 101. The second kappa shape index (κ2) is 4.10. The third-order valence-corrected chi connectivity index (χ3v) is 3.11. The van der Waals surface area contributed by atoms with Crippen LogP contribution in [0.5, 0.6) is 0 Å². The van der Waals surface area contributed by atoms with Crippen LogP contribution in [0.1, 0.15) is 33.1 Å². The first-order chi connectivity index (χ1) is 5.24. The Morgan fingerprint density at radius 1 is 1.18 bits per heavy atom.